The molecule has 3 atom stereocenters. The van der Waals surface area contributed by atoms with Gasteiger partial charge < -0.3 is 9.32 Å². The van der Waals surface area contributed by atoms with Crippen molar-refractivity contribution in [2.24, 2.45) is 11.8 Å². The summed E-state index contributed by atoms with van der Waals surface area (Å²) in [4.78, 5) is 14.4. The Morgan fingerprint density at radius 2 is 2.09 bits per heavy atom. The number of amides is 1. The Morgan fingerprint density at radius 1 is 1.36 bits per heavy atom. The number of likely N-dealkylation sites (tertiary alicyclic amines) is 1. The van der Waals surface area contributed by atoms with Crippen LogP contribution in [0.25, 0.3) is 0 Å². The van der Waals surface area contributed by atoms with Gasteiger partial charge in [-0.1, -0.05) is 13.8 Å². The first-order valence-electron chi connectivity index (χ1n) is 7.69. The molecular weight excluding hydrogens is 282 g/mol. The molecule has 1 amide bonds. The van der Waals surface area contributed by atoms with Crippen LogP contribution in [-0.4, -0.2) is 44.3 Å². The number of carbonyl (C=O) groups is 1. The normalized spacial score (nSPS) is 26.5. The van der Waals surface area contributed by atoms with E-state index in [9.17, 15) is 4.79 Å². The molecule has 4 rings (SSSR count). The number of H-pyrrole nitrogens is 1. The number of rotatable bonds is 3. The van der Waals surface area contributed by atoms with Gasteiger partial charge in [0.2, 0.25) is 11.8 Å². The molecule has 1 N–H and O–H groups in total. The average Bonchev–Trinajstić information content (AvgIpc) is 2.97. The highest BCUT2D eigenvalue weighted by molar-refractivity contribution is 5.92. The van der Waals surface area contributed by atoms with Crippen LogP contribution in [0.4, 0.5) is 0 Å². The topological polar surface area (TPSA) is 87.9 Å². The van der Waals surface area contributed by atoms with Crippen molar-refractivity contribution in [2.45, 2.75) is 32.6 Å². The standard InChI is InChI=1S/C15H19N5O2/c1-7(2)11-4-12(18-17-11)15(21)20-5-9-10(6-20)13(9)14-19-16-8(3)22-14/h4,7,9-10,13H,5-6H2,1-3H3,(H,17,18)/t9-,10+,13?. The lowest BCUT2D eigenvalue weighted by Crippen LogP contribution is -2.31. The fraction of sp³-hybridized carbons (Fsp3) is 0.600. The van der Waals surface area contributed by atoms with Gasteiger partial charge in [-0.2, -0.15) is 5.10 Å². The summed E-state index contributed by atoms with van der Waals surface area (Å²) in [5.74, 6) is 2.91. The second kappa shape index (κ2) is 4.66. The van der Waals surface area contributed by atoms with Crippen LogP contribution in [0.1, 0.15) is 53.6 Å². The van der Waals surface area contributed by atoms with E-state index in [1.54, 1.807) is 6.92 Å². The molecule has 0 spiro atoms. The molecule has 22 heavy (non-hydrogen) atoms. The summed E-state index contributed by atoms with van der Waals surface area (Å²) in [6.07, 6.45) is 0. The number of piperidine rings is 1. The highest BCUT2D eigenvalue weighted by atomic mass is 16.4. The number of nitrogens with one attached hydrogen (secondary N) is 1. The van der Waals surface area contributed by atoms with Crippen LogP contribution in [0.5, 0.6) is 0 Å². The summed E-state index contributed by atoms with van der Waals surface area (Å²) in [5.41, 5.74) is 1.50. The molecule has 0 bridgehead atoms. The zero-order valence-electron chi connectivity index (χ0n) is 12.9. The molecule has 3 heterocycles. The van der Waals surface area contributed by atoms with Gasteiger partial charge in [0, 0.05) is 31.6 Å². The predicted octanol–water partition coefficient (Wildman–Crippen LogP) is 1.71. The van der Waals surface area contributed by atoms with Gasteiger partial charge in [0.25, 0.3) is 5.91 Å². The first-order valence-corrected chi connectivity index (χ1v) is 7.69. The van der Waals surface area contributed by atoms with E-state index in [0.29, 0.717) is 35.3 Å². The van der Waals surface area contributed by atoms with E-state index in [-0.39, 0.29) is 5.91 Å². The Labute approximate surface area is 128 Å². The van der Waals surface area contributed by atoms with E-state index in [1.165, 1.54) is 0 Å². The molecule has 1 saturated heterocycles. The van der Waals surface area contributed by atoms with Crippen LogP contribution >= 0.6 is 0 Å². The van der Waals surface area contributed by atoms with E-state index in [4.69, 9.17) is 4.42 Å². The maximum atomic E-state index is 12.5. The van der Waals surface area contributed by atoms with Crippen molar-refractivity contribution in [2.75, 3.05) is 13.1 Å². The molecule has 2 aromatic rings. The third-order valence-electron chi connectivity index (χ3n) is 4.75. The van der Waals surface area contributed by atoms with Crippen LogP contribution in [0.2, 0.25) is 0 Å². The van der Waals surface area contributed by atoms with Crippen LogP contribution < -0.4 is 0 Å². The zero-order valence-corrected chi connectivity index (χ0v) is 12.9. The Kier molecular flexibility index (Phi) is 2.85. The predicted molar refractivity (Wildman–Crippen MR) is 77.3 cm³/mol. The van der Waals surface area contributed by atoms with E-state index < -0.39 is 0 Å². The number of nitrogens with zero attached hydrogens (tertiary/aromatic N) is 4. The van der Waals surface area contributed by atoms with Gasteiger partial charge in [-0.05, 0) is 23.8 Å². The van der Waals surface area contributed by atoms with Crippen molar-refractivity contribution in [3.63, 3.8) is 0 Å². The fourth-order valence-electron chi connectivity index (χ4n) is 3.41. The molecule has 1 unspecified atom stereocenters. The first kappa shape index (κ1) is 13.5. The number of aryl methyl sites for hydroxylation is 1. The molecule has 7 nitrogen and oxygen atoms in total. The first-order chi connectivity index (χ1) is 10.5. The number of hydrogen-bond donors (Lipinski definition) is 1. The molecule has 2 aromatic heterocycles. The third kappa shape index (κ3) is 2.03. The van der Waals surface area contributed by atoms with Crippen molar-refractivity contribution >= 4 is 5.91 Å². The lowest BCUT2D eigenvalue weighted by atomic mass is 10.1. The fourth-order valence-corrected chi connectivity index (χ4v) is 3.41. The molecular formula is C15H19N5O2. The Bertz CT molecular complexity index is 707. The number of aromatic amines is 1. The Morgan fingerprint density at radius 3 is 2.64 bits per heavy atom. The average molecular weight is 301 g/mol. The maximum Gasteiger partial charge on any atom is 0.274 e. The van der Waals surface area contributed by atoms with E-state index in [2.05, 4.69) is 34.2 Å². The summed E-state index contributed by atoms with van der Waals surface area (Å²) in [7, 11) is 0. The second-order valence-electron chi connectivity index (χ2n) is 6.59. The smallest absolute Gasteiger partial charge is 0.274 e. The number of carbonyl (C=O) groups excluding carboxylic acids is 1. The Hall–Kier alpha value is -2.18. The van der Waals surface area contributed by atoms with Crippen molar-refractivity contribution in [1.29, 1.82) is 0 Å². The van der Waals surface area contributed by atoms with E-state index in [1.807, 2.05) is 11.0 Å². The molecule has 0 aromatic carbocycles. The molecule has 0 radical (unpaired) electrons. The van der Waals surface area contributed by atoms with Crippen molar-refractivity contribution in [1.82, 2.24) is 25.3 Å². The molecule has 1 aliphatic heterocycles. The Balaban J connectivity index is 1.42. The van der Waals surface area contributed by atoms with Crippen LogP contribution in [0, 0.1) is 18.8 Å². The zero-order chi connectivity index (χ0) is 15.4. The monoisotopic (exact) mass is 301 g/mol. The second-order valence-corrected chi connectivity index (χ2v) is 6.59. The SMILES string of the molecule is Cc1nnc(C2[C@H]3CN(C(=O)c4cc(C(C)C)[nH]n4)C[C@@H]23)o1. The number of hydrogen-bond acceptors (Lipinski definition) is 5. The highest BCUT2D eigenvalue weighted by Crippen LogP contribution is 2.57. The molecule has 2 fully saturated rings. The summed E-state index contributed by atoms with van der Waals surface area (Å²) in [5, 5.41) is 15.1. The van der Waals surface area contributed by atoms with Gasteiger partial charge in [0.1, 0.15) is 5.69 Å². The highest BCUT2D eigenvalue weighted by Gasteiger charge is 2.60. The third-order valence-corrected chi connectivity index (χ3v) is 4.75. The minimum absolute atomic E-state index is 0.0100. The largest absolute Gasteiger partial charge is 0.425 e. The number of aromatic nitrogens is 4. The van der Waals surface area contributed by atoms with Crippen LogP contribution in [0.3, 0.4) is 0 Å². The van der Waals surface area contributed by atoms with Crippen LogP contribution in [0.15, 0.2) is 10.5 Å². The maximum absolute atomic E-state index is 12.5. The van der Waals surface area contributed by atoms with Gasteiger partial charge in [0.05, 0.1) is 0 Å². The quantitative estimate of drug-likeness (QED) is 0.932. The minimum Gasteiger partial charge on any atom is -0.425 e. The van der Waals surface area contributed by atoms with Crippen molar-refractivity contribution < 1.29 is 9.21 Å². The molecule has 2 aliphatic rings. The summed E-state index contributed by atoms with van der Waals surface area (Å²) >= 11 is 0. The summed E-state index contributed by atoms with van der Waals surface area (Å²) in [6.45, 7) is 7.45. The van der Waals surface area contributed by atoms with Crippen molar-refractivity contribution in [3.8, 4) is 0 Å². The van der Waals surface area contributed by atoms with E-state index >= 15 is 0 Å². The van der Waals surface area contributed by atoms with Crippen molar-refractivity contribution in [3.05, 3.63) is 29.2 Å². The molecule has 116 valence electrons. The molecule has 1 saturated carbocycles. The van der Waals surface area contributed by atoms with Gasteiger partial charge in [-0.25, -0.2) is 0 Å². The molecule has 7 heteroatoms. The van der Waals surface area contributed by atoms with Gasteiger partial charge in [-0.15, -0.1) is 10.2 Å². The van der Waals surface area contributed by atoms with E-state index in [0.717, 1.165) is 24.7 Å². The number of fused-ring (bicyclic) bond motifs is 1. The van der Waals surface area contributed by atoms with Crippen LogP contribution in [-0.2, 0) is 0 Å². The van der Waals surface area contributed by atoms with Gasteiger partial charge >= 0.3 is 0 Å². The summed E-state index contributed by atoms with van der Waals surface area (Å²) < 4.78 is 5.51. The lowest BCUT2D eigenvalue weighted by molar-refractivity contribution is 0.0765. The van der Waals surface area contributed by atoms with Gasteiger partial charge in [0.15, 0.2) is 0 Å². The minimum atomic E-state index is 0.0100. The lowest BCUT2D eigenvalue weighted by Gasteiger charge is -2.17. The molecule has 1 aliphatic carbocycles. The van der Waals surface area contributed by atoms with Gasteiger partial charge in [-0.3, -0.25) is 9.89 Å². The summed E-state index contributed by atoms with van der Waals surface area (Å²) in [6, 6.07) is 1.86.